The number of fused-ring (bicyclic) bond motifs is 2. The number of carbonyl (C=O) groups is 1. The molecule has 3 nitrogen and oxygen atoms in total. The van der Waals surface area contributed by atoms with Gasteiger partial charge in [-0.05, 0) is 56.0 Å². The van der Waals surface area contributed by atoms with Gasteiger partial charge in [0.15, 0.2) is 0 Å². The van der Waals surface area contributed by atoms with E-state index in [1.165, 1.54) is 17.5 Å². The highest BCUT2D eigenvalue weighted by atomic mass is 35.5. The minimum absolute atomic E-state index is 0.124. The van der Waals surface area contributed by atoms with E-state index in [0.29, 0.717) is 10.6 Å². The Balaban J connectivity index is 1.70. The van der Waals surface area contributed by atoms with E-state index in [0.717, 1.165) is 53.2 Å². The molecular formula is C24H20ClNO2. The van der Waals surface area contributed by atoms with E-state index >= 15 is 0 Å². The van der Waals surface area contributed by atoms with E-state index in [9.17, 15) is 4.79 Å². The summed E-state index contributed by atoms with van der Waals surface area (Å²) in [7, 11) is 0. The van der Waals surface area contributed by atoms with Crippen LogP contribution in [0, 0.1) is 6.92 Å². The first-order chi connectivity index (χ1) is 13.6. The second-order valence-electron chi connectivity index (χ2n) is 7.52. The third-order valence-electron chi connectivity index (χ3n) is 5.58. The Kier molecular flexibility index (Phi) is 4.13. The zero-order valence-electron chi connectivity index (χ0n) is 15.6. The SMILES string of the molecule is Cc1ccc(-c2c(C=C3C(=O)Nc4ccc(Cl)cc43)oc3c2CCCC3)cc1. The topological polar surface area (TPSA) is 42.2 Å². The number of furan rings is 1. The molecule has 0 atom stereocenters. The van der Waals surface area contributed by atoms with Gasteiger partial charge in [0.1, 0.15) is 11.5 Å². The lowest BCUT2D eigenvalue weighted by atomic mass is 9.90. The number of amides is 1. The largest absolute Gasteiger partial charge is 0.461 e. The highest BCUT2D eigenvalue weighted by Crippen LogP contribution is 2.41. The number of aryl methyl sites for hydroxylation is 2. The van der Waals surface area contributed by atoms with E-state index in [2.05, 4.69) is 36.5 Å². The highest BCUT2D eigenvalue weighted by Gasteiger charge is 2.28. The van der Waals surface area contributed by atoms with Gasteiger partial charge in [-0.1, -0.05) is 41.4 Å². The van der Waals surface area contributed by atoms with Crippen LogP contribution in [0.25, 0.3) is 22.8 Å². The highest BCUT2D eigenvalue weighted by molar-refractivity contribution is 6.36. The van der Waals surface area contributed by atoms with Crippen LogP contribution < -0.4 is 5.32 Å². The van der Waals surface area contributed by atoms with Crippen LogP contribution in [0.4, 0.5) is 5.69 Å². The number of rotatable bonds is 2. The summed E-state index contributed by atoms with van der Waals surface area (Å²) in [6, 6.07) is 14.0. The lowest BCUT2D eigenvalue weighted by Crippen LogP contribution is -2.03. The monoisotopic (exact) mass is 389 g/mol. The van der Waals surface area contributed by atoms with Gasteiger partial charge >= 0.3 is 0 Å². The third-order valence-corrected chi connectivity index (χ3v) is 5.81. The van der Waals surface area contributed by atoms with Gasteiger partial charge in [-0.15, -0.1) is 0 Å². The number of nitrogens with one attached hydrogen (secondary N) is 1. The number of carbonyl (C=O) groups excluding carboxylic acids is 1. The minimum atomic E-state index is -0.124. The lowest BCUT2D eigenvalue weighted by molar-refractivity contribution is -0.110. The summed E-state index contributed by atoms with van der Waals surface area (Å²) in [4.78, 5) is 12.6. The molecule has 2 heterocycles. The van der Waals surface area contributed by atoms with Crippen LogP contribution in [0.15, 0.2) is 46.9 Å². The Hall–Kier alpha value is -2.78. The average molecular weight is 390 g/mol. The summed E-state index contributed by atoms with van der Waals surface area (Å²) in [6.45, 7) is 2.08. The van der Waals surface area contributed by atoms with Crippen molar-refractivity contribution < 1.29 is 9.21 Å². The quantitative estimate of drug-likeness (QED) is 0.524. The van der Waals surface area contributed by atoms with Crippen molar-refractivity contribution in [1.82, 2.24) is 0 Å². The molecule has 0 saturated heterocycles. The summed E-state index contributed by atoms with van der Waals surface area (Å²) in [6.07, 6.45) is 6.15. The molecule has 0 fully saturated rings. The first-order valence-electron chi connectivity index (χ1n) is 9.65. The first kappa shape index (κ1) is 17.3. The maximum absolute atomic E-state index is 12.6. The predicted octanol–water partition coefficient (Wildman–Crippen LogP) is 6.28. The molecule has 0 spiro atoms. The second kappa shape index (κ2) is 6.68. The maximum Gasteiger partial charge on any atom is 0.256 e. The lowest BCUT2D eigenvalue weighted by Gasteiger charge is -2.11. The molecule has 1 N–H and O–H groups in total. The molecule has 0 unspecified atom stereocenters. The predicted molar refractivity (Wildman–Crippen MR) is 113 cm³/mol. The molecule has 1 aliphatic heterocycles. The van der Waals surface area contributed by atoms with E-state index in [4.69, 9.17) is 16.0 Å². The van der Waals surface area contributed by atoms with Gasteiger partial charge < -0.3 is 9.73 Å². The van der Waals surface area contributed by atoms with Crippen molar-refractivity contribution in [2.45, 2.75) is 32.6 Å². The molecule has 1 amide bonds. The van der Waals surface area contributed by atoms with Crippen LogP contribution in [0.1, 0.15) is 41.1 Å². The molecule has 28 heavy (non-hydrogen) atoms. The Morgan fingerprint density at radius 3 is 2.68 bits per heavy atom. The molecule has 4 heteroatoms. The number of anilines is 1. The van der Waals surface area contributed by atoms with Crippen LogP contribution in [0.5, 0.6) is 0 Å². The van der Waals surface area contributed by atoms with E-state index in [1.807, 2.05) is 18.2 Å². The van der Waals surface area contributed by atoms with Crippen LogP contribution >= 0.6 is 11.6 Å². The standard InChI is InChI=1S/C24H20ClNO2/c1-14-6-8-15(9-7-14)23-17-4-2-3-5-21(17)28-22(23)13-19-18-12-16(25)10-11-20(18)26-24(19)27/h6-13H,2-5H2,1H3,(H,26,27). The summed E-state index contributed by atoms with van der Waals surface area (Å²) in [5.41, 5.74) is 6.96. The molecule has 1 aromatic heterocycles. The second-order valence-corrected chi connectivity index (χ2v) is 7.95. The Labute approximate surface area is 169 Å². The van der Waals surface area contributed by atoms with Crippen molar-refractivity contribution in [2.75, 3.05) is 5.32 Å². The fourth-order valence-electron chi connectivity index (χ4n) is 4.16. The van der Waals surface area contributed by atoms with Gasteiger partial charge in [0, 0.05) is 33.8 Å². The van der Waals surface area contributed by atoms with Crippen molar-refractivity contribution in [2.24, 2.45) is 0 Å². The van der Waals surface area contributed by atoms with Gasteiger partial charge in [-0.3, -0.25) is 4.79 Å². The smallest absolute Gasteiger partial charge is 0.256 e. The number of hydrogen-bond acceptors (Lipinski definition) is 2. The van der Waals surface area contributed by atoms with Crippen LogP contribution in [0.2, 0.25) is 5.02 Å². The summed E-state index contributed by atoms with van der Waals surface area (Å²) >= 11 is 6.17. The first-order valence-corrected chi connectivity index (χ1v) is 10.0. The molecule has 0 bridgehead atoms. The van der Waals surface area contributed by atoms with Crippen molar-refractivity contribution in [3.05, 3.63) is 75.7 Å². The molecule has 1 aliphatic carbocycles. The normalized spacial score (nSPS) is 16.8. The van der Waals surface area contributed by atoms with Gasteiger partial charge in [0.05, 0.1) is 5.57 Å². The molecule has 2 aliphatic rings. The van der Waals surface area contributed by atoms with Crippen molar-refractivity contribution >= 4 is 34.8 Å². The van der Waals surface area contributed by atoms with E-state index in [-0.39, 0.29) is 5.91 Å². The van der Waals surface area contributed by atoms with Crippen molar-refractivity contribution in [1.29, 1.82) is 0 Å². The molecule has 140 valence electrons. The van der Waals surface area contributed by atoms with E-state index < -0.39 is 0 Å². The van der Waals surface area contributed by atoms with Crippen LogP contribution in [-0.4, -0.2) is 5.91 Å². The number of benzene rings is 2. The molecular weight excluding hydrogens is 370 g/mol. The third kappa shape index (κ3) is 2.87. The molecule has 5 rings (SSSR count). The Bertz CT molecular complexity index is 1120. The van der Waals surface area contributed by atoms with Crippen LogP contribution in [0.3, 0.4) is 0 Å². The summed E-state index contributed by atoms with van der Waals surface area (Å²) < 4.78 is 6.29. The maximum atomic E-state index is 12.6. The van der Waals surface area contributed by atoms with Crippen molar-refractivity contribution in [3.8, 4) is 11.1 Å². The average Bonchev–Trinajstić information content (AvgIpc) is 3.20. The van der Waals surface area contributed by atoms with Gasteiger partial charge in [-0.25, -0.2) is 0 Å². The fraction of sp³-hybridized carbons (Fsp3) is 0.208. The minimum Gasteiger partial charge on any atom is -0.461 e. The summed E-state index contributed by atoms with van der Waals surface area (Å²) in [5.74, 6) is 1.69. The van der Waals surface area contributed by atoms with Crippen LogP contribution in [-0.2, 0) is 17.6 Å². The van der Waals surface area contributed by atoms with E-state index in [1.54, 1.807) is 6.07 Å². The molecule has 2 aromatic carbocycles. The summed E-state index contributed by atoms with van der Waals surface area (Å²) in [5, 5.41) is 3.53. The molecule has 3 aromatic rings. The Morgan fingerprint density at radius 1 is 1.07 bits per heavy atom. The van der Waals surface area contributed by atoms with Gasteiger partial charge in [-0.2, -0.15) is 0 Å². The number of hydrogen-bond donors (Lipinski definition) is 1. The molecule has 0 saturated carbocycles. The van der Waals surface area contributed by atoms with Gasteiger partial charge in [0.2, 0.25) is 0 Å². The van der Waals surface area contributed by atoms with Crippen molar-refractivity contribution in [3.63, 3.8) is 0 Å². The number of halogens is 1. The zero-order valence-corrected chi connectivity index (χ0v) is 16.4. The molecule has 0 radical (unpaired) electrons. The van der Waals surface area contributed by atoms with Gasteiger partial charge in [0.25, 0.3) is 5.91 Å². The fourth-order valence-corrected chi connectivity index (χ4v) is 4.33. The zero-order chi connectivity index (χ0) is 19.3. The Morgan fingerprint density at radius 2 is 1.86 bits per heavy atom.